The average molecular weight is 434 g/mol. The summed E-state index contributed by atoms with van der Waals surface area (Å²) >= 11 is -1.88. The molecule has 0 aliphatic carbocycles. The van der Waals surface area contributed by atoms with Crippen LogP contribution in [-0.4, -0.2) is 73.5 Å². The van der Waals surface area contributed by atoms with Crippen molar-refractivity contribution in [1.29, 1.82) is 0 Å². The number of hydrogen-bond acceptors (Lipinski definition) is 3. The van der Waals surface area contributed by atoms with Crippen LogP contribution in [0.3, 0.4) is 0 Å². The monoisotopic (exact) mass is 435 g/mol. The summed E-state index contributed by atoms with van der Waals surface area (Å²) in [5.41, 5.74) is 0.223. The molecule has 5 nitrogen and oxygen atoms in total. The molecule has 2 aliphatic heterocycles. The van der Waals surface area contributed by atoms with Crippen molar-refractivity contribution in [2.75, 3.05) is 32.9 Å². The molecule has 23 heavy (non-hydrogen) atoms. The first-order valence-electron chi connectivity index (χ1n) is 8.38. The first-order valence-corrected chi connectivity index (χ1v) is 18.4. The molecule has 1 N–H and O–H groups in total. The van der Waals surface area contributed by atoms with Crippen LogP contribution in [0, 0.1) is 5.41 Å². The molecule has 0 aromatic rings. The van der Waals surface area contributed by atoms with E-state index in [1.54, 1.807) is 3.59 Å². The van der Waals surface area contributed by atoms with Crippen LogP contribution in [0.1, 0.15) is 27.2 Å². The molecule has 1 saturated heterocycles. The van der Waals surface area contributed by atoms with Gasteiger partial charge in [0.05, 0.1) is 25.9 Å². The molecule has 1 unspecified atom stereocenters. The van der Waals surface area contributed by atoms with Gasteiger partial charge < -0.3 is 9.47 Å². The van der Waals surface area contributed by atoms with E-state index in [1.807, 2.05) is 0 Å². The summed E-state index contributed by atoms with van der Waals surface area (Å²) in [6.07, 6.45) is 2.58. The van der Waals surface area contributed by atoms with Crippen LogP contribution in [-0.2, 0) is 9.47 Å². The van der Waals surface area contributed by atoms with Crippen LogP contribution in [0.5, 0.6) is 0 Å². The molecule has 0 bridgehead atoms. The maximum atomic E-state index is 10.6. The number of rotatable bonds is 1. The van der Waals surface area contributed by atoms with Gasteiger partial charge in [-0.2, -0.15) is 0 Å². The van der Waals surface area contributed by atoms with Gasteiger partial charge in [0.25, 0.3) is 0 Å². The predicted molar refractivity (Wildman–Crippen MR) is 95.7 cm³/mol. The molecule has 0 radical (unpaired) electrons. The molecule has 0 spiro atoms. The molecule has 0 aromatic heterocycles. The van der Waals surface area contributed by atoms with Gasteiger partial charge in [0.1, 0.15) is 0 Å². The van der Waals surface area contributed by atoms with E-state index >= 15 is 0 Å². The number of hydrogen-bond donors (Lipinski definition) is 1. The third-order valence-electron chi connectivity index (χ3n) is 4.22. The summed E-state index contributed by atoms with van der Waals surface area (Å²) < 4.78 is 12.4. The third-order valence-corrected chi connectivity index (χ3v) is 11.0. The van der Waals surface area contributed by atoms with Gasteiger partial charge in [-0.25, -0.2) is 0 Å². The molecular formula is C17H33NO4Sn. The number of carbonyl (C=O) groups is 1. The fourth-order valence-electron chi connectivity index (χ4n) is 2.51. The molecule has 134 valence electrons. The predicted octanol–water partition coefficient (Wildman–Crippen LogP) is 3.62. The topological polar surface area (TPSA) is 59.0 Å². The zero-order chi connectivity index (χ0) is 17.7. The zero-order valence-electron chi connectivity index (χ0n) is 15.5. The molecule has 1 fully saturated rings. The van der Waals surface area contributed by atoms with Gasteiger partial charge in [-0.3, -0.25) is 0 Å². The summed E-state index contributed by atoms with van der Waals surface area (Å²) in [6.45, 7) is 10.1. The zero-order valence-corrected chi connectivity index (χ0v) is 18.4. The molecule has 1 atom stereocenters. The van der Waals surface area contributed by atoms with Crippen LogP contribution in [0.2, 0.25) is 14.8 Å². The van der Waals surface area contributed by atoms with E-state index < -0.39 is 24.5 Å². The van der Waals surface area contributed by atoms with Crippen molar-refractivity contribution in [3.8, 4) is 0 Å². The summed E-state index contributed by atoms with van der Waals surface area (Å²) in [5, 5.41) is 8.74. The quantitative estimate of drug-likeness (QED) is 0.641. The first kappa shape index (κ1) is 20.8. The van der Waals surface area contributed by atoms with Crippen molar-refractivity contribution in [2.45, 2.75) is 48.1 Å². The van der Waals surface area contributed by atoms with Gasteiger partial charge in [0, 0.05) is 0 Å². The van der Waals surface area contributed by atoms with E-state index in [1.165, 1.54) is 4.90 Å². The van der Waals surface area contributed by atoms with Gasteiger partial charge in [0.15, 0.2) is 0 Å². The van der Waals surface area contributed by atoms with Crippen LogP contribution in [0.25, 0.3) is 0 Å². The molecule has 0 aromatic carbocycles. The molecule has 2 rings (SSSR count). The van der Waals surface area contributed by atoms with Crippen molar-refractivity contribution in [2.24, 2.45) is 5.41 Å². The van der Waals surface area contributed by atoms with Gasteiger partial charge in [-0.15, -0.1) is 0 Å². The standard InChI is InChI=1S/C8H16O2.C6H8NO2.3CH3.Sn/c1-8(2,3)7-6-9-4-5-10-7;8-6(9)7-4-2-1-3-5-7;;;;/h7H,4-6H2,1-3H3;2H,3-5H2,(H,8,9);3*1H3;. The number of nitrogens with zero attached hydrogens (tertiary/aromatic N) is 1. The van der Waals surface area contributed by atoms with Crippen LogP contribution in [0.4, 0.5) is 4.79 Å². The van der Waals surface area contributed by atoms with Crippen molar-refractivity contribution >= 4 is 24.5 Å². The maximum absolute atomic E-state index is 10.6. The second-order valence-electron chi connectivity index (χ2n) is 8.26. The van der Waals surface area contributed by atoms with E-state index in [4.69, 9.17) is 14.6 Å². The van der Waals surface area contributed by atoms with Crippen LogP contribution >= 0.6 is 0 Å². The second kappa shape index (κ2) is 8.72. The fourth-order valence-corrected chi connectivity index (χ4v) is 6.98. The number of amides is 1. The van der Waals surface area contributed by atoms with Gasteiger partial charge in [-0.05, 0) is 5.41 Å². The van der Waals surface area contributed by atoms with Gasteiger partial charge >= 0.3 is 83.3 Å². The van der Waals surface area contributed by atoms with Gasteiger partial charge in [-0.1, -0.05) is 20.8 Å². The van der Waals surface area contributed by atoms with Crippen LogP contribution < -0.4 is 0 Å². The third kappa shape index (κ3) is 7.43. The Morgan fingerprint density at radius 2 is 1.96 bits per heavy atom. The van der Waals surface area contributed by atoms with E-state index in [-0.39, 0.29) is 11.5 Å². The van der Waals surface area contributed by atoms with Gasteiger partial charge in [0.2, 0.25) is 0 Å². The van der Waals surface area contributed by atoms with Crippen molar-refractivity contribution in [3.63, 3.8) is 0 Å². The van der Waals surface area contributed by atoms with Crippen molar-refractivity contribution < 1.29 is 19.4 Å². The molecule has 0 saturated carbocycles. The Hall–Kier alpha value is -0.271. The van der Waals surface area contributed by atoms with Crippen LogP contribution in [0.15, 0.2) is 9.67 Å². The Morgan fingerprint density at radius 1 is 1.30 bits per heavy atom. The summed E-state index contributed by atoms with van der Waals surface area (Å²) in [6, 6.07) is 0. The van der Waals surface area contributed by atoms with E-state index in [0.29, 0.717) is 13.1 Å². The van der Waals surface area contributed by atoms with E-state index in [2.05, 4.69) is 41.7 Å². The first-order chi connectivity index (χ1) is 10.5. The minimum atomic E-state index is -1.88. The summed E-state index contributed by atoms with van der Waals surface area (Å²) in [4.78, 5) is 19.2. The summed E-state index contributed by atoms with van der Waals surface area (Å²) in [7, 11) is 0. The Morgan fingerprint density at radius 3 is 2.26 bits per heavy atom. The normalized spacial score (nSPS) is 22.8. The molecule has 2 aliphatic rings. The summed E-state index contributed by atoms with van der Waals surface area (Å²) in [5.74, 6) is 0. The molecule has 1 amide bonds. The van der Waals surface area contributed by atoms with Crippen molar-refractivity contribution in [1.82, 2.24) is 4.90 Å². The Balaban J connectivity index is 0.000000238. The Labute approximate surface area is 144 Å². The number of ether oxygens (including phenoxy) is 2. The average Bonchev–Trinajstić information content (AvgIpc) is 2.47. The minimum absolute atomic E-state index is 0.223. The fraction of sp³-hybridized carbons (Fsp3) is 0.824. The SMILES string of the molecule is CC(C)(C)C1COCCO1.[CH3][Sn]([CH3])([CH3])[C]1=CCN(C(=O)O)CC1. The Bertz CT molecular complexity index is 417. The molecule has 6 heteroatoms. The Kier molecular flexibility index (Phi) is 7.87. The number of carboxylic acid groups (broad SMARTS) is 1. The molecule has 2 heterocycles. The second-order valence-corrected chi connectivity index (χ2v) is 22.9. The van der Waals surface area contributed by atoms with E-state index in [9.17, 15) is 4.79 Å². The van der Waals surface area contributed by atoms with Crippen molar-refractivity contribution in [3.05, 3.63) is 9.67 Å². The molecular weight excluding hydrogens is 401 g/mol. The van der Waals surface area contributed by atoms with E-state index in [0.717, 1.165) is 26.2 Å².